The first-order valence-electron chi connectivity index (χ1n) is 9.57. The normalized spacial score (nSPS) is 14.1. The average Bonchev–Trinajstić information content (AvgIpc) is 3.04. The van der Waals surface area contributed by atoms with Crippen molar-refractivity contribution in [1.29, 1.82) is 0 Å². The van der Waals surface area contributed by atoms with Gasteiger partial charge in [0.05, 0.1) is 4.90 Å². The number of rotatable bonds is 8. The van der Waals surface area contributed by atoms with Crippen molar-refractivity contribution in [3.8, 4) is 0 Å². The number of carbonyl (C=O) groups is 3. The molecule has 2 N–H and O–H groups in total. The molecule has 1 saturated heterocycles. The lowest BCUT2D eigenvalue weighted by atomic mass is 10.2. The van der Waals surface area contributed by atoms with E-state index in [-0.39, 0.29) is 42.0 Å². The van der Waals surface area contributed by atoms with E-state index in [1.165, 1.54) is 29.2 Å². The molecule has 2 aromatic carbocycles. The fraction of sp³-hybridized carbons (Fsp3) is 0.286. The molecule has 0 aromatic heterocycles. The highest BCUT2D eigenvalue weighted by molar-refractivity contribution is 7.92. The number of nitrogens with one attached hydrogen (secondary N) is 2. The van der Waals surface area contributed by atoms with Crippen molar-refractivity contribution in [3.05, 3.63) is 59.7 Å². The van der Waals surface area contributed by atoms with Gasteiger partial charge in [-0.25, -0.2) is 8.42 Å². The molecule has 0 saturated carbocycles. The number of aryl methyl sites for hydroxylation is 1. The zero-order chi connectivity index (χ0) is 21.7. The molecule has 30 heavy (non-hydrogen) atoms. The number of likely N-dealkylation sites (tertiary alicyclic amines) is 1. The summed E-state index contributed by atoms with van der Waals surface area (Å²) in [6.45, 7) is 2.48. The van der Waals surface area contributed by atoms with Gasteiger partial charge in [0, 0.05) is 37.2 Å². The molecule has 1 aliphatic heterocycles. The van der Waals surface area contributed by atoms with Crippen LogP contribution in [0.2, 0.25) is 0 Å². The number of hydrogen-bond donors (Lipinski definition) is 2. The highest BCUT2D eigenvalue weighted by Crippen LogP contribution is 2.17. The summed E-state index contributed by atoms with van der Waals surface area (Å²) in [5.74, 6) is -0.714. The van der Waals surface area contributed by atoms with E-state index in [0.717, 1.165) is 5.56 Å². The number of anilines is 1. The summed E-state index contributed by atoms with van der Waals surface area (Å²) in [5.41, 5.74) is 1.79. The van der Waals surface area contributed by atoms with Crippen LogP contribution in [-0.4, -0.2) is 44.1 Å². The Kier molecular flexibility index (Phi) is 6.51. The molecular weight excluding hydrogens is 406 g/mol. The molecule has 0 spiro atoms. The van der Waals surface area contributed by atoms with Crippen molar-refractivity contribution in [3.63, 3.8) is 0 Å². The van der Waals surface area contributed by atoms with E-state index < -0.39 is 10.0 Å². The van der Waals surface area contributed by atoms with E-state index in [0.29, 0.717) is 24.2 Å². The topological polar surface area (TPSA) is 113 Å². The highest BCUT2D eigenvalue weighted by Gasteiger charge is 2.27. The van der Waals surface area contributed by atoms with Crippen LogP contribution in [0.5, 0.6) is 0 Å². The quantitative estimate of drug-likeness (QED) is 0.493. The maximum atomic E-state index is 12.5. The van der Waals surface area contributed by atoms with E-state index in [4.69, 9.17) is 0 Å². The average molecular weight is 429 g/mol. The molecule has 9 heteroatoms. The Morgan fingerprint density at radius 1 is 0.967 bits per heavy atom. The second kappa shape index (κ2) is 9.08. The maximum absolute atomic E-state index is 12.5. The third kappa shape index (κ3) is 5.24. The summed E-state index contributed by atoms with van der Waals surface area (Å²) >= 11 is 0. The van der Waals surface area contributed by atoms with Crippen molar-refractivity contribution in [2.24, 2.45) is 0 Å². The first kappa shape index (κ1) is 21.5. The number of imide groups is 1. The van der Waals surface area contributed by atoms with Gasteiger partial charge in [-0.3, -0.25) is 24.0 Å². The Labute approximate surface area is 175 Å². The Balaban J connectivity index is 1.52. The maximum Gasteiger partial charge on any atom is 0.261 e. The van der Waals surface area contributed by atoms with Gasteiger partial charge in [-0.2, -0.15) is 0 Å². The van der Waals surface area contributed by atoms with Crippen molar-refractivity contribution in [1.82, 2.24) is 10.2 Å². The van der Waals surface area contributed by atoms with Crippen LogP contribution in [0.1, 0.15) is 35.2 Å². The van der Waals surface area contributed by atoms with Crippen LogP contribution in [-0.2, 0) is 19.6 Å². The summed E-state index contributed by atoms with van der Waals surface area (Å²) in [6.07, 6.45) is 0.953. The van der Waals surface area contributed by atoms with Crippen LogP contribution >= 0.6 is 0 Å². The smallest absolute Gasteiger partial charge is 0.261 e. The van der Waals surface area contributed by atoms with Crippen LogP contribution in [0, 0.1) is 6.92 Å². The van der Waals surface area contributed by atoms with Crippen LogP contribution in [0.3, 0.4) is 0 Å². The fourth-order valence-electron chi connectivity index (χ4n) is 3.03. The third-order valence-corrected chi connectivity index (χ3v) is 6.13. The number of amides is 3. The van der Waals surface area contributed by atoms with Gasteiger partial charge >= 0.3 is 0 Å². The molecule has 0 atom stereocenters. The van der Waals surface area contributed by atoms with E-state index in [2.05, 4.69) is 10.0 Å². The van der Waals surface area contributed by atoms with Crippen LogP contribution in [0.25, 0.3) is 0 Å². The Hall–Kier alpha value is -3.20. The minimum Gasteiger partial charge on any atom is -0.352 e. The van der Waals surface area contributed by atoms with Crippen molar-refractivity contribution < 1.29 is 22.8 Å². The van der Waals surface area contributed by atoms with Crippen LogP contribution in [0.15, 0.2) is 53.4 Å². The van der Waals surface area contributed by atoms with Crippen LogP contribution < -0.4 is 10.0 Å². The zero-order valence-electron chi connectivity index (χ0n) is 16.6. The minimum absolute atomic E-state index is 0.0469. The molecule has 1 heterocycles. The second-order valence-corrected chi connectivity index (χ2v) is 8.73. The SMILES string of the molecule is Cc1ccc(NS(=O)(=O)c2ccc(C(=O)NCCCN3C(=O)CCC3=O)cc2)cc1. The number of hydrogen-bond acceptors (Lipinski definition) is 5. The van der Waals surface area contributed by atoms with Gasteiger partial charge in [0.25, 0.3) is 15.9 Å². The monoisotopic (exact) mass is 429 g/mol. The first-order valence-corrected chi connectivity index (χ1v) is 11.1. The van der Waals surface area contributed by atoms with Gasteiger partial charge in [0.15, 0.2) is 0 Å². The lowest BCUT2D eigenvalue weighted by molar-refractivity contribution is -0.138. The van der Waals surface area contributed by atoms with Gasteiger partial charge in [-0.15, -0.1) is 0 Å². The summed E-state index contributed by atoms with van der Waals surface area (Å²) in [7, 11) is -3.76. The van der Waals surface area contributed by atoms with Gasteiger partial charge in [-0.05, 0) is 49.7 Å². The van der Waals surface area contributed by atoms with Crippen molar-refractivity contribution in [2.75, 3.05) is 17.8 Å². The molecule has 158 valence electrons. The van der Waals surface area contributed by atoms with E-state index in [9.17, 15) is 22.8 Å². The van der Waals surface area contributed by atoms with Crippen molar-refractivity contribution in [2.45, 2.75) is 31.1 Å². The molecule has 2 aromatic rings. The number of carbonyl (C=O) groups excluding carboxylic acids is 3. The Morgan fingerprint density at radius 2 is 1.57 bits per heavy atom. The molecule has 1 aliphatic rings. The second-order valence-electron chi connectivity index (χ2n) is 7.04. The van der Waals surface area contributed by atoms with Gasteiger partial charge in [-0.1, -0.05) is 17.7 Å². The number of sulfonamides is 1. The molecule has 1 fully saturated rings. The van der Waals surface area contributed by atoms with Gasteiger partial charge < -0.3 is 5.32 Å². The largest absolute Gasteiger partial charge is 0.352 e. The van der Waals surface area contributed by atoms with E-state index >= 15 is 0 Å². The van der Waals surface area contributed by atoms with Gasteiger partial charge in [0.2, 0.25) is 11.8 Å². The fourth-order valence-corrected chi connectivity index (χ4v) is 4.09. The molecule has 0 unspecified atom stereocenters. The molecule has 8 nitrogen and oxygen atoms in total. The van der Waals surface area contributed by atoms with Crippen LogP contribution in [0.4, 0.5) is 5.69 Å². The molecule has 0 aliphatic carbocycles. The summed E-state index contributed by atoms with van der Waals surface area (Å²) < 4.78 is 27.5. The van der Waals surface area contributed by atoms with Crippen molar-refractivity contribution >= 4 is 33.4 Å². The van der Waals surface area contributed by atoms with E-state index in [1.54, 1.807) is 24.3 Å². The van der Waals surface area contributed by atoms with E-state index in [1.807, 2.05) is 6.92 Å². The first-order chi connectivity index (χ1) is 14.3. The summed E-state index contributed by atoms with van der Waals surface area (Å²) in [5, 5.41) is 2.70. The lowest BCUT2D eigenvalue weighted by Crippen LogP contribution is -2.33. The molecule has 3 rings (SSSR count). The Bertz CT molecular complexity index is 1030. The molecular formula is C21H23N3O5S. The zero-order valence-corrected chi connectivity index (χ0v) is 17.4. The predicted molar refractivity (Wildman–Crippen MR) is 111 cm³/mol. The third-order valence-electron chi connectivity index (χ3n) is 4.73. The number of nitrogens with zero attached hydrogens (tertiary/aromatic N) is 1. The molecule has 0 radical (unpaired) electrons. The molecule has 0 bridgehead atoms. The minimum atomic E-state index is -3.76. The predicted octanol–water partition coefficient (Wildman–Crippen LogP) is 2.06. The number of benzene rings is 2. The lowest BCUT2D eigenvalue weighted by Gasteiger charge is -2.13. The molecule has 3 amide bonds. The summed E-state index contributed by atoms with van der Waals surface area (Å²) in [6, 6.07) is 12.6. The highest BCUT2D eigenvalue weighted by atomic mass is 32.2. The Morgan fingerprint density at radius 3 is 2.17 bits per heavy atom. The van der Waals surface area contributed by atoms with Gasteiger partial charge in [0.1, 0.15) is 0 Å². The standard InChI is InChI=1S/C21H23N3O5S/c1-15-3-7-17(8-4-15)23-30(28,29)18-9-5-16(6-10-18)21(27)22-13-2-14-24-19(25)11-12-20(24)26/h3-10,23H,2,11-14H2,1H3,(H,22,27). The summed E-state index contributed by atoms with van der Waals surface area (Å²) in [4.78, 5) is 36.6.